The summed E-state index contributed by atoms with van der Waals surface area (Å²) < 4.78 is 1.45. The van der Waals surface area contributed by atoms with Crippen LogP contribution in [0.15, 0.2) is 53.9 Å². The summed E-state index contributed by atoms with van der Waals surface area (Å²) in [7, 11) is 0. The van der Waals surface area contributed by atoms with Crippen LogP contribution >= 0.6 is 0 Å². The van der Waals surface area contributed by atoms with E-state index in [9.17, 15) is 25.0 Å². The molecule has 2 aromatic heterocycles. The average molecular weight is 467 g/mol. The van der Waals surface area contributed by atoms with Crippen LogP contribution in [-0.4, -0.2) is 36.2 Å². The summed E-state index contributed by atoms with van der Waals surface area (Å²) in [5.74, 6) is -0.562. The molecular formula is C21H21N7O6. The van der Waals surface area contributed by atoms with Gasteiger partial charge >= 0.3 is 5.82 Å². The van der Waals surface area contributed by atoms with Crippen molar-refractivity contribution in [2.24, 2.45) is 5.16 Å². The van der Waals surface area contributed by atoms with Crippen LogP contribution in [0.4, 0.5) is 17.2 Å². The van der Waals surface area contributed by atoms with E-state index in [0.717, 1.165) is 5.56 Å². The Bertz CT molecular complexity index is 1240. The fourth-order valence-corrected chi connectivity index (χ4v) is 3.00. The summed E-state index contributed by atoms with van der Waals surface area (Å²) in [5, 5.41) is 32.6. The second-order valence-electron chi connectivity index (χ2n) is 7.25. The van der Waals surface area contributed by atoms with Gasteiger partial charge in [-0.05, 0) is 37.3 Å². The van der Waals surface area contributed by atoms with Crippen molar-refractivity contribution in [2.45, 2.75) is 33.2 Å². The number of nitro groups is 2. The molecule has 0 unspecified atom stereocenters. The van der Waals surface area contributed by atoms with E-state index in [1.54, 1.807) is 38.4 Å². The summed E-state index contributed by atoms with van der Waals surface area (Å²) in [6.45, 7) is 3.70. The molecule has 3 aromatic rings. The number of non-ortho nitro benzene ring substituents is 1. The Labute approximate surface area is 193 Å². The van der Waals surface area contributed by atoms with Gasteiger partial charge in [-0.3, -0.25) is 19.9 Å². The maximum atomic E-state index is 12.4. The van der Waals surface area contributed by atoms with Crippen molar-refractivity contribution in [2.75, 3.05) is 5.32 Å². The summed E-state index contributed by atoms with van der Waals surface area (Å²) in [5.41, 5.74) is 1.82. The second-order valence-corrected chi connectivity index (χ2v) is 7.25. The normalized spacial score (nSPS) is 11.2. The number of aryl methyl sites for hydroxylation is 2. The minimum absolute atomic E-state index is 0.0747. The van der Waals surface area contributed by atoms with Crippen LogP contribution in [0.1, 0.15) is 31.0 Å². The number of pyridine rings is 1. The van der Waals surface area contributed by atoms with Gasteiger partial charge in [0, 0.05) is 36.5 Å². The lowest BCUT2D eigenvalue weighted by Gasteiger charge is -2.08. The fourth-order valence-electron chi connectivity index (χ4n) is 3.00. The molecule has 0 aliphatic rings. The monoisotopic (exact) mass is 467 g/mol. The number of nitrogens with zero attached hydrogens (tertiary/aromatic N) is 6. The van der Waals surface area contributed by atoms with E-state index < -0.39 is 9.85 Å². The zero-order chi connectivity index (χ0) is 24.7. The minimum atomic E-state index is -0.602. The van der Waals surface area contributed by atoms with E-state index in [0.29, 0.717) is 24.4 Å². The molecule has 0 aliphatic heterocycles. The first-order valence-electron chi connectivity index (χ1n) is 10.1. The van der Waals surface area contributed by atoms with Crippen LogP contribution in [0, 0.1) is 27.2 Å². The smallest absolute Gasteiger partial charge is 0.358 e. The molecule has 2 heterocycles. The fraction of sp³-hybridized carbons (Fsp3) is 0.238. The molecule has 1 aromatic carbocycles. The Balaban J connectivity index is 1.64. The summed E-state index contributed by atoms with van der Waals surface area (Å²) in [6, 6.07) is 8.67. The number of nitrogens with one attached hydrogen (secondary N) is 1. The molecule has 34 heavy (non-hydrogen) atoms. The molecule has 13 heteroatoms. The molecule has 0 saturated heterocycles. The quantitative estimate of drug-likeness (QED) is 0.268. The van der Waals surface area contributed by atoms with Gasteiger partial charge in [0.1, 0.15) is 0 Å². The maximum absolute atomic E-state index is 12.4. The van der Waals surface area contributed by atoms with Gasteiger partial charge in [0.05, 0.1) is 45.8 Å². The molecule has 0 atom stereocenters. The van der Waals surface area contributed by atoms with Gasteiger partial charge in [-0.15, -0.1) is 0 Å². The number of rotatable bonds is 10. The van der Waals surface area contributed by atoms with E-state index in [1.165, 1.54) is 28.9 Å². The van der Waals surface area contributed by atoms with Gasteiger partial charge in [-0.25, -0.2) is 0 Å². The number of oxime groups is 1. The van der Waals surface area contributed by atoms with Crippen molar-refractivity contribution in [1.29, 1.82) is 0 Å². The Morgan fingerprint density at radius 2 is 1.88 bits per heavy atom. The van der Waals surface area contributed by atoms with E-state index in [-0.39, 0.29) is 35.3 Å². The first kappa shape index (κ1) is 24.0. The van der Waals surface area contributed by atoms with Crippen LogP contribution in [0.2, 0.25) is 0 Å². The Kier molecular flexibility index (Phi) is 7.59. The van der Waals surface area contributed by atoms with Gasteiger partial charge in [0.25, 0.3) is 5.69 Å². The molecule has 0 saturated carbocycles. The predicted octanol–water partition coefficient (Wildman–Crippen LogP) is 3.62. The molecule has 0 bridgehead atoms. The van der Waals surface area contributed by atoms with Crippen LogP contribution in [0.5, 0.6) is 5.75 Å². The minimum Gasteiger partial charge on any atom is -0.358 e. The highest BCUT2D eigenvalue weighted by Gasteiger charge is 2.16. The number of carbonyl (C=O) groups is 1. The molecule has 13 nitrogen and oxygen atoms in total. The van der Waals surface area contributed by atoms with Crippen molar-refractivity contribution in [3.8, 4) is 5.75 Å². The first-order valence-corrected chi connectivity index (χ1v) is 10.1. The highest BCUT2D eigenvalue weighted by molar-refractivity contribution is 5.98. The van der Waals surface area contributed by atoms with Gasteiger partial charge in [0.2, 0.25) is 5.91 Å². The summed E-state index contributed by atoms with van der Waals surface area (Å²) >= 11 is 0. The number of anilines is 1. The van der Waals surface area contributed by atoms with E-state index >= 15 is 0 Å². The third-order valence-corrected chi connectivity index (χ3v) is 4.70. The number of aromatic nitrogens is 3. The average Bonchev–Trinajstić information content (AvgIpc) is 3.18. The lowest BCUT2D eigenvalue weighted by Crippen LogP contribution is -2.13. The van der Waals surface area contributed by atoms with E-state index in [2.05, 4.69) is 20.6 Å². The predicted molar refractivity (Wildman–Crippen MR) is 122 cm³/mol. The van der Waals surface area contributed by atoms with E-state index in [1.807, 2.05) is 0 Å². The molecule has 1 amide bonds. The second kappa shape index (κ2) is 10.8. The molecule has 0 fully saturated rings. The molecule has 1 N–H and O–H groups in total. The van der Waals surface area contributed by atoms with Crippen LogP contribution in [-0.2, 0) is 11.3 Å². The number of carbonyl (C=O) groups excluding carboxylic acids is 1. The Morgan fingerprint density at radius 3 is 2.53 bits per heavy atom. The zero-order valence-corrected chi connectivity index (χ0v) is 18.4. The van der Waals surface area contributed by atoms with Crippen molar-refractivity contribution < 1.29 is 19.5 Å². The molecule has 176 valence electrons. The van der Waals surface area contributed by atoms with Gasteiger partial charge in [-0.1, -0.05) is 5.16 Å². The third-order valence-electron chi connectivity index (χ3n) is 4.70. The van der Waals surface area contributed by atoms with Crippen molar-refractivity contribution in [3.05, 3.63) is 80.3 Å². The van der Waals surface area contributed by atoms with Crippen molar-refractivity contribution >= 4 is 28.8 Å². The Hall–Kier alpha value is -4.68. The lowest BCUT2D eigenvalue weighted by atomic mass is 10.2. The van der Waals surface area contributed by atoms with Crippen LogP contribution < -0.4 is 10.2 Å². The zero-order valence-electron chi connectivity index (χ0n) is 18.4. The lowest BCUT2D eigenvalue weighted by molar-refractivity contribution is -0.389. The summed E-state index contributed by atoms with van der Waals surface area (Å²) in [4.78, 5) is 42.6. The summed E-state index contributed by atoms with van der Waals surface area (Å²) in [6.07, 6.45) is 3.64. The van der Waals surface area contributed by atoms with Crippen LogP contribution in [0.25, 0.3) is 0 Å². The highest BCUT2D eigenvalue weighted by Crippen LogP contribution is 2.26. The van der Waals surface area contributed by atoms with Gasteiger partial charge in [0.15, 0.2) is 5.75 Å². The SMILES string of the molecule is C/C(=N/Oc1cc(NC(=O)CCCn2nc([N+](=O)[O-])cc2C)cc([N+](=O)[O-])c1)c1ccncc1. The van der Waals surface area contributed by atoms with Crippen LogP contribution in [0.3, 0.4) is 0 Å². The molecular weight excluding hydrogens is 446 g/mol. The van der Waals surface area contributed by atoms with Gasteiger partial charge < -0.3 is 20.3 Å². The van der Waals surface area contributed by atoms with Crippen molar-refractivity contribution in [3.63, 3.8) is 0 Å². The number of hydrogen-bond acceptors (Lipinski definition) is 9. The molecule has 0 spiro atoms. The maximum Gasteiger partial charge on any atom is 0.390 e. The standard InChI is InChI=1S/C21H21N7O6/c1-14-10-20(28(32)33)24-26(14)9-3-4-21(29)23-17-11-18(27(30)31)13-19(12-17)34-25-15(2)16-5-7-22-8-6-16/h5-8,10-13H,3-4,9H2,1-2H3,(H,23,29)/b25-15-. The van der Waals surface area contributed by atoms with Crippen molar-refractivity contribution in [1.82, 2.24) is 14.8 Å². The molecule has 0 radical (unpaired) electrons. The van der Waals surface area contributed by atoms with Gasteiger partial charge in [-0.2, -0.15) is 4.68 Å². The van der Waals surface area contributed by atoms with E-state index in [4.69, 9.17) is 4.84 Å². The Morgan fingerprint density at radius 1 is 1.15 bits per heavy atom. The molecule has 3 rings (SSSR count). The number of amides is 1. The topological polar surface area (TPSA) is 168 Å². The largest absolute Gasteiger partial charge is 0.390 e. The number of hydrogen-bond donors (Lipinski definition) is 1. The third kappa shape index (κ3) is 6.41. The highest BCUT2D eigenvalue weighted by atomic mass is 16.6. The first-order chi connectivity index (χ1) is 16.2. The number of nitro benzene ring substituents is 1. The molecule has 0 aliphatic carbocycles. The number of benzene rings is 1.